The van der Waals surface area contributed by atoms with E-state index in [1.165, 1.54) is 0 Å². The van der Waals surface area contributed by atoms with Crippen LogP contribution in [0.4, 0.5) is 0 Å². The van der Waals surface area contributed by atoms with E-state index >= 15 is 0 Å². The van der Waals surface area contributed by atoms with Crippen LogP contribution in [0, 0.1) is 5.92 Å². The van der Waals surface area contributed by atoms with E-state index in [0.29, 0.717) is 17.2 Å². The van der Waals surface area contributed by atoms with E-state index in [0.717, 1.165) is 11.1 Å². The molecule has 4 atom stereocenters. The molecule has 10 heteroatoms. The number of amides is 2. The minimum absolute atomic E-state index is 0.0429. The maximum absolute atomic E-state index is 13.9. The van der Waals surface area contributed by atoms with Crippen LogP contribution in [0.3, 0.4) is 0 Å². The minimum atomic E-state index is -1.06. The summed E-state index contributed by atoms with van der Waals surface area (Å²) in [5.41, 5.74) is 1.67. The van der Waals surface area contributed by atoms with Crippen LogP contribution in [0.15, 0.2) is 85.2 Å². The smallest absolute Gasteiger partial charge is 0.309 e. The highest BCUT2D eigenvalue weighted by molar-refractivity contribution is 5.90. The number of hydrogen-bond acceptors (Lipinski definition) is 8. The molecule has 0 fully saturated rings. The fraction of sp³-hybridized carbons (Fsp3) is 0.312. The molecular weight excluding hydrogens is 538 g/mol. The van der Waals surface area contributed by atoms with Crippen molar-refractivity contribution >= 4 is 17.8 Å². The van der Waals surface area contributed by atoms with E-state index in [1.807, 2.05) is 49.4 Å². The Morgan fingerprint density at radius 1 is 0.929 bits per heavy atom. The van der Waals surface area contributed by atoms with Crippen LogP contribution in [-0.4, -0.2) is 48.3 Å². The number of nitrogens with zero attached hydrogens (tertiary/aromatic N) is 1. The monoisotopic (exact) mass is 571 g/mol. The normalized spacial score (nSPS) is 23.9. The van der Waals surface area contributed by atoms with Crippen LogP contribution in [0.2, 0.25) is 0 Å². The molecule has 2 N–H and O–H groups in total. The zero-order valence-electron chi connectivity index (χ0n) is 23.2. The summed E-state index contributed by atoms with van der Waals surface area (Å²) in [5.74, 6) is -0.0380. The van der Waals surface area contributed by atoms with Gasteiger partial charge in [0.2, 0.25) is 12.7 Å². The van der Waals surface area contributed by atoms with E-state index in [2.05, 4.69) is 15.6 Å². The molecule has 2 amide bonds. The van der Waals surface area contributed by atoms with Crippen molar-refractivity contribution in [1.29, 1.82) is 0 Å². The van der Waals surface area contributed by atoms with Crippen LogP contribution in [0.25, 0.3) is 0 Å². The number of pyridine rings is 1. The lowest BCUT2D eigenvalue weighted by atomic mass is 9.94. The molecule has 2 aliphatic rings. The van der Waals surface area contributed by atoms with Gasteiger partial charge in [0.25, 0.3) is 5.91 Å². The van der Waals surface area contributed by atoms with Crippen molar-refractivity contribution in [3.05, 3.63) is 96.3 Å². The molecule has 5 rings (SSSR count). The third-order valence-corrected chi connectivity index (χ3v) is 7.06. The van der Waals surface area contributed by atoms with Crippen LogP contribution in [0.1, 0.15) is 36.9 Å². The highest BCUT2D eigenvalue weighted by Gasteiger charge is 2.31. The summed E-state index contributed by atoms with van der Waals surface area (Å²) in [4.78, 5) is 44.2. The highest BCUT2D eigenvalue weighted by Crippen LogP contribution is 2.35. The Morgan fingerprint density at radius 3 is 2.57 bits per heavy atom. The number of cyclic esters (lactones) is 1. The summed E-state index contributed by atoms with van der Waals surface area (Å²) in [6, 6.07) is 16.8. The van der Waals surface area contributed by atoms with Gasteiger partial charge in [-0.2, -0.15) is 0 Å². The van der Waals surface area contributed by atoms with Crippen LogP contribution in [-0.2, 0) is 25.5 Å². The summed E-state index contributed by atoms with van der Waals surface area (Å²) in [7, 11) is 0. The Kier molecular flexibility index (Phi) is 9.33. The molecule has 3 heterocycles. The predicted octanol–water partition coefficient (Wildman–Crippen LogP) is 3.67. The number of carbonyl (C=O) groups is 3. The SMILES string of the molecule is C[C@H]1/C=C/CC(=O)OCCC(Oc2ccc3c(c2)OCO3)C(=O)N[C@@H](Cc2ccccc2)C(=O)N[C@H]1c1cccnc1. The maximum Gasteiger partial charge on any atom is 0.309 e. The quantitative estimate of drug-likeness (QED) is 0.351. The van der Waals surface area contributed by atoms with Gasteiger partial charge in [-0.3, -0.25) is 19.4 Å². The largest absolute Gasteiger partial charge is 0.480 e. The van der Waals surface area contributed by atoms with Gasteiger partial charge < -0.3 is 29.6 Å². The first-order valence-corrected chi connectivity index (χ1v) is 13.9. The fourth-order valence-electron chi connectivity index (χ4n) is 4.84. The molecule has 3 aromatic rings. The molecule has 0 aliphatic carbocycles. The zero-order chi connectivity index (χ0) is 29.3. The molecule has 1 unspecified atom stereocenters. The highest BCUT2D eigenvalue weighted by atomic mass is 16.7. The Balaban J connectivity index is 1.44. The number of aromatic nitrogens is 1. The number of fused-ring (bicyclic) bond motifs is 1. The molecule has 42 heavy (non-hydrogen) atoms. The summed E-state index contributed by atoms with van der Waals surface area (Å²) >= 11 is 0. The van der Waals surface area contributed by atoms with Crippen molar-refractivity contribution < 1.29 is 33.3 Å². The molecule has 10 nitrogen and oxygen atoms in total. The number of benzene rings is 2. The molecule has 218 valence electrons. The second-order valence-corrected chi connectivity index (χ2v) is 10.1. The van der Waals surface area contributed by atoms with Gasteiger partial charge in [0, 0.05) is 31.3 Å². The molecule has 0 spiro atoms. The number of nitrogens with one attached hydrogen (secondary N) is 2. The van der Waals surface area contributed by atoms with Crippen LogP contribution >= 0.6 is 0 Å². The third-order valence-electron chi connectivity index (χ3n) is 7.06. The average molecular weight is 572 g/mol. The lowest BCUT2D eigenvalue weighted by molar-refractivity contribution is -0.144. The third kappa shape index (κ3) is 7.45. The Bertz CT molecular complexity index is 1410. The molecule has 1 aromatic heterocycles. The van der Waals surface area contributed by atoms with Crippen molar-refractivity contribution in [3.8, 4) is 17.2 Å². The van der Waals surface area contributed by atoms with Crippen molar-refractivity contribution in [2.24, 2.45) is 5.92 Å². The van der Waals surface area contributed by atoms with E-state index in [-0.39, 0.29) is 44.5 Å². The van der Waals surface area contributed by atoms with Gasteiger partial charge in [-0.25, -0.2) is 0 Å². The number of hydrogen-bond donors (Lipinski definition) is 2. The molecule has 2 aliphatic heterocycles. The van der Waals surface area contributed by atoms with Crippen molar-refractivity contribution in [2.45, 2.75) is 44.4 Å². The number of esters is 1. The van der Waals surface area contributed by atoms with Gasteiger partial charge in [-0.15, -0.1) is 0 Å². The molecule has 0 radical (unpaired) electrons. The molecule has 0 saturated carbocycles. The predicted molar refractivity (Wildman–Crippen MR) is 153 cm³/mol. The maximum atomic E-state index is 13.9. The van der Waals surface area contributed by atoms with Gasteiger partial charge in [0.05, 0.1) is 19.1 Å². The molecular formula is C32H33N3O7. The van der Waals surface area contributed by atoms with Crippen LogP contribution in [0.5, 0.6) is 17.2 Å². The first-order valence-electron chi connectivity index (χ1n) is 13.9. The Morgan fingerprint density at radius 2 is 1.76 bits per heavy atom. The Labute approximate surface area is 244 Å². The van der Waals surface area contributed by atoms with E-state index in [4.69, 9.17) is 18.9 Å². The molecule has 0 bridgehead atoms. The molecule has 2 aromatic carbocycles. The number of rotatable bonds is 5. The summed E-state index contributed by atoms with van der Waals surface area (Å²) in [6.07, 6.45) is 6.28. The van der Waals surface area contributed by atoms with Crippen LogP contribution < -0.4 is 24.8 Å². The second-order valence-electron chi connectivity index (χ2n) is 10.1. The second kappa shape index (κ2) is 13.7. The summed E-state index contributed by atoms with van der Waals surface area (Å²) in [5, 5.41) is 6.01. The van der Waals surface area contributed by atoms with Gasteiger partial charge in [-0.05, 0) is 35.2 Å². The van der Waals surface area contributed by atoms with Crippen molar-refractivity contribution in [1.82, 2.24) is 15.6 Å². The average Bonchev–Trinajstić information content (AvgIpc) is 3.47. The van der Waals surface area contributed by atoms with E-state index < -0.39 is 30.1 Å². The first-order chi connectivity index (χ1) is 20.5. The van der Waals surface area contributed by atoms with Gasteiger partial charge >= 0.3 is 5.97 Å². The minimum Gasteiger partial charge on any atom is -0.480 e. The lowest BCUT2D eigenvalue weighted by Crippen LogP contribution is -2.53. The summed E-state index contributed by atoms with van der Waals surface area (Å²) in [6.45, 7) is 2.00. The lowest BCUT2D eigenvalue weighted by Gasteiger charge is -2.28. The van der Waals surface area contributed by atoms with Crippen molar-refractivity contribution in [2.75, 3.05) is 13.4 Å². The van der Waals surface area contributed by atoms with Crippen molar-refractivity contribution in [3.63, 3.8) is 0 Å². The van der Waals surface area contributed by atoms with E-state index in [9.17, 15) is 14.4 Å². The Hall–Kier alpha value is -4.86. The molecule has 0 saturated heterocycles. The zero-order valence-corrected chi connectivity index (χ0v) is 23.2. The van der Waals surface area contributed by atoms with Gasteiger partial charge in [0.1, 0.15) is 11.8 Å². The van der Waals surface area contributed by atoms with Gasteiger partial charge in [0.15, 0.2) is 17.6 Å². The fourth-order valence-corrected chi connectivity index (χ4v) is 4.84. The van der Waals surface area contributed by atoms with E-state index in [1.54, 1.807) is 42.7 Å². The number of carbonyl (C=O) groups excluding carboxylic acids is 3. The summed E-state index contributed by atoms with van der Waals surface area (Å²) < 4.78 is 22.3. The van der Waals surface area contributed by atoms with Gasteiger partial charge in [-0.1, -0.05) is 55.5 Å². The topological polar surface area (TPSA) is 125 Å². The number of ether oxygens (including phenoxy) is 4. The standard InChI is InChI=1S/C32H33N3O7/c1-21-7-5-11-29(36)39-16-14-27(42-24-12-13-26-28(18-24)41-20-40-26)32(38)34-25(17-22-8-3-2-4-9-22)31(37)35-30(21)23-10-6-15-33-19-23/h2-10,12-13,15,18-19,21,25,27,30H,11,14,16-17,20H2,1H3,(H,34,38)(H,35,37)/b7-5+/t21-,25-,27?,30+/m0/s1. The first kappa shape index (κ1) is 28.7.